The minimum atomic E-state index is 0.539. The predicted octanol–water partition coefficient (Wildman–Crippen LogP) is 3.33. The van der Waals surface area contributed by atoms with Gasteiger partial charge in [-0.2, -0.15) is 5.10 Å². The molecule has 0 fully saturated rings. The van der Waals surface area contributed by atoms with Gasteiger partial charge in [0.2, 0.25) is 5.88 Å². The van der Waals surface area contributed by atoms with Gasteiger partial charge in [0, 0.05) is 24.9 Å². The highest BCUT2D eigenvalue weighted by Crippen LogP contribution is 2.21. The number of aromatic nitrogens is 4. The lowest BCUT2D eigenvalue weighted by Crippen LogP contribution is -1.94. The van der Waals surface area contributed by atoms with Crippen LogP contribution in [0.15, 0.2) is 48.7 Å². The highest BCUT2D eigenvalue weighted by atomic mass is 32.1. The van der Waals surface area contributed by atoms with Gasteiger partial charge in [-0.05, 0) is 30.4 Å². The molecule has 3 rings (SSSR count). The first kappa shape index (κ1) is 12.6. The van der Waals surface area contributed by atoms with Crippen LogP contribution in [-0.2, 0) is 7.05 Å². The maximum atomic E-state index is 5.64. The maximum absolute atomic E-state index is 5.64. The van der Waals surface area contributed by atoms with E-state index in [1.165, 1.54) is 0 Å². The van der Waals surface area contributed by atoms with Crippen molar-refractivity contribution >= 4 is 12.2 Å². The van der Waals surface area contributed by atoms with E-state index in [1.54, 1.807) is 16.8 Å². The number of H-pyrrole nitrogens is 1. The first-order valence-corrected chi connectivity index (χ1v) is 6.45. The maximum Gasteiger partial charge on any atom is 0.219 e. The second kappa shape index (κ2) is 5.26. The first-order chi connectivity index (χ1) is 9.74. The Kier molecular flexibility index (Phi) is 3.30. The molecule has 0 saturated heterocycles. The zero-order valence-corrected chi connectivity index (χ0v) is 11.6. The van der Waals surface area contributed by atoms with Crippen molar-refractivity contribution < 1.29 is 4.74 Å². The summed E-state index contributed by atoms with van der Waals surface area (Å²) in [7, 11) is 1.86. The van der Waals surface area contributed by atoms with E-state index in [1.807, 2.05) is 43.4 Å². The Balaban J connectivity index is 1.85. The van der Waals surface area contributed by atoms with Gasteiger partial charge in [-0.15, -0.1) is 0 Å². The minimum Gasteiger partial charge on any atom is -0.439 e. The van der Waals surface area contributed by atoms with Gasteiger partial charge in [0.15, 0.2) is 10.6 Å². The van der Waals surface area contributed by atoms with Crippen molar-refractivity contribution in [2.24, 2.45) is 7.05 Å². The van der Waals surface area contributed by atoms with Crippen LogP contribution in [0, 0.1) is 4.77 Å². The summed E-state index contributed by atoms with van der Waals surface area (Å²) in [5, 5.41) is 6.91. The largest absolute Gasteiger partial charge is 0.439 e. The van der Waals surface area contributed by atoms with Gasteiger partial charge in [0.25, 0.3) is 0 Å². The number of nitrogens with zero attached hydrogens (tertiary/aromatic N) is 3. The van der Waals surface area contributed by atoms with Gasteiger partial charge in [-0.3, -0.25) is 5.10 Å². The van der Waals surface area contributed by atoms with Crippen LogP contribution in [0.25, 0.3) is 11.4 Å². The zero-order valence-electron chi connectivity index (χ0n) is 10.8. The number of aromatic amines is 1. The van der Waals surface area contributed by atoms with Gasteiger partial charge in [-0.1, -0.05) is 18.2 Å². The fourth-order valence-electron chi connectivity index (χ4n) is 1.79. The summed E-state index contributed by atoms with van der Waals surface area (Å²) in [4.78, 5) is 4.28. The number of hydrogen-bond donors (Lipinski definition) is 1. The van der Waals surface area contributed by atoms with Gasteiger partial charge in [0.1, 0.15) is 5.75 Å². The lowest BCUT2D eigenvalue weighted by atomic mass is 10.2. The summed E-state index contributed by atoms with van der Waals surface area (Å²) in [5.41, 5.74) is 0.875. The molecule has 2 heterocycles. The summed E-state index contributed by atoms with van der Waals surface area (Å²) in [6.45, 7) is 0. The number of rotatable bonds is 3. The molecule has 2 aromatic heterocycles. The summed E-state index contributed by atoms with van der Waals surface area (Å²) in [6.07, 6.45) is 1.71. The summed E-state index contributed by atoms with van der Waals surface area (Å²) >= 11 is 5.09. The molecule has 6 heteroatoms. The van der Waals surface area contributed by atoms with Crippen molar-refractivity contribution in [3.8, 4) is 23.0 Å². The van der Waals surface area contributed by atoms with Crippen LogP contribution in [0.5, 0.6) is 11.6 Å². The van der Waals surface area contributed by atoms with Crippen LogP contribution in [0.1, 0.15) is 0 Å². The lowest BCUT2D eigenvalue weighted by Gasteiger charge is -2.05. The Labute approximate surface area is 120 Å². The van der Waals surface area contributed by atoms with E-state index in [4.69, 9.17) is 17.0 Å². The molecule has 0 saturated carbocycles. The molecule has 5 nitrogen and oxygen atoms in total. The van der Waals surface area contributed by atoms with E-state index in [9.17, 15) is 0 Å². The molecule has 0 aliphatic carbocycles. The van der Waals surface area contributed by atoms with E-state index in [2.05, 4.69) is 15.2 Å². The third-order valence-electron chi connectivity index (χ3n) is 2.84. The molecule has 0 spiro atoms. The van der Waals surface area contributed by atoms with Crippen LogP contribution >= 0.6 is 12.2 Å². The number of ether oxygens (including phenoxy) is 1. The van der Waals surface area contributed by atoms with E-state index >= 15 is 0 Å². The Hall–Kier alpha value is -2.47. The van der Waals surface area contributed by atoms with Crippen molar-refractivity contribution in [3.63, 3.8) is 0 Å². The standard InChI is InChI=1S/C14H12N4OS/c1-18-13(16-17-14(18)20)10-7-8-12(15-9-10)19-11-5-3-2-4-6-11/h2-9H,1H3,(H,17,20). The minimum absolute atomic E-state index is 0.539. The van der Waals surface area contributed by atoms with Crippen LogP contribution < -0.4 is 4.74 Å². The predicted molar refractivity (Wildman–Crippen MR) is 78.1 cm³/mol. The number of nitrogens with one attached hydrogen (secondary N) is 1. The van der Waals surface area contributed by atoms with Crippen molar-refractivity contribution in [3.05, 3.63) is 53.4 Å². The van der Waals surface area contributed by atoms with Crippen LogP contribution in [0.2, 0.25) is 0 Å². The average molecular weight is 284 g/mol. The molecule has 0 aliphatic heterocycles. The third kappa shape index (κ3) is 2.46. The molecular weight excluding hydrogens is 272 g/mol. The summed E-state index contributed by atoms with van der Waals surface area (Å²) < 4.78 is 8.01. The molecule has 0 bridgehead atoms. The topological polar surface area (TPSA) is 55.7 Å². The molecule has 0 radical (unpaired) electrons. The molecule has 20 heavy (non-hydrogen) atoms. The monoisotopic (exact) mass is 284 g/mol. The van der Waals surface area contributed by atoms with Crippen LogP contribution in [0.4, 0.5) is 0 Å². The van der Waals surface area contributed by atoms with Crippen molar-refractivity contribution in [1.82, 2.24) is 19.7 Å². The van der Waals surface area contributed by atoms with Gasteiger partial charge in [0.05, 0.1) is 0 Å². The molecule has 3 aromatic rings. The fraction of sp³-hybridized carbons (Fsp3) is 0.0714. The van der Waals surface area contributed by atoms with Crippen LogP contribution in [0.3, 0.4) is 0 Å². The lowest BCUT2D eigenvalue weighted by molar-refractivity contribution is 0.463. The van der Waals surface area contributed by atoms with E-state index in [-0.39, 0.29) is 0 Å². The quantitative estimate of drug-likeness (QED) is 0.749. The molecule has 0 atom stereocenters. The van der Waals surface area contributed by atoms with Crippen molar-refractivity contribution in [2.75, 3.05) is 0 Å². The fourth-order valence-corrected chi connectivity index (χ4v) is 1.92. The number of para-hydroxylation sites is 1. The Morgan fingerprint density at radius 2 is 1.95 bits per heavy atom. The molecular formula is C14H12N4OS. The number of benzene rings is 1. The van der Waals surface area contributed by atoms with Crippen molar-refractivity contribution in [1.29, 1.82) is 0 Å². The van der Waals surface area contributed by atoms with Crippen molar-refractivity contribution in [2.45, 2.75) is 0 Å². The normalized spacial score (nSPS) is 10.4. The highest BCUT2D eigenvalue weighted by Gasteiger charge is 2.06. The SMILES string of the molecule is Cn1c(-c2ccc(Oc3ccccc3)nc2)n[nH]c1=S. The Bertz CT molecular complexity index is 762. The van der Waals surface area contributed by atoms with E-state index < -0.39 is 0 Å². The van der Waals surface area contributed by atoms with Crippen LogP contribution in [-0.4, -0.2) is 19.7 Å². The summed E-state index contributed by atoms with van der Waals surface area (Å²) in [6, 6.07) is 13.2. The number of hydrogen-bond acceptors (Lipinski definition) is 4. The van der Waals surface area contributed by atoms with E-state index in [0.29, 0.717) is 10.7 Å². The second-order valence-electron chi connectivity index (χ2n) is 4.21. The van der Waals surface area contributed by atoms with Gasteiger partial charge >= 0.3 is 0 Å². The van der Waals surface area contributed by atoms with Gasteiger partial charge < -0.3 is 9.30 Å². The number of pyridine rings is 1. The first-order valence-electron chi connectivity index (χ1n) is 6.05. The van der Waals surface area contributed by atoms with E-state index in [0.717, 1.165) is 17.1 Å². The second-order valence-corrected chi connectivity index (χ2v) is 4.60. The Morgan fingerprint density at radius 3 is 2.55 bits per heavy atom. The molecule has 1 aromatic carbocycles. The average Bonchev–Trinajstić information content (AvgIpc) is 2.81. The smallest absolute Gasteiger partial charge is 0.219 e. The highest BCUT2D eigenvalue weighted by molar-refractivity contribution is 7.71. The molecule has 100 valence electrons. The molecule has 0 unspecified atom stereocenters. The third-order valence-corrected chi connectivity index (χ3v) is 3.21. The molecule has 1 N–H and O–H groups in total. The molecule has 0 aliphatic rings. The Morgan fingerprint density at radius 1 is 1.15 bits per heavy atom. The zero-order chi connectivity index (χ0) is 13.9. The summed E-state index contributed by atoms with van der Waals surface area (Å²) in [5.74, 6) is 2.04. The van der Waals surface area contributed by atoms with Gasteiger partial charge in [-0.25, -0.2) is 4.98 Å². The molecule has 0 amide bonds.